The molecule has 3 nitrogen and oxygen atoms in total. The highest BCUT2D eigenvalue weighted by molar-refractivity contribution is 5.86. The summed E-state index contributed by atoms with van der Waals surface area (Å²) in [7, 11) is 0. The van der Waals surface area contributed by atoms with Gasteiger partial charge in [0.05, 0.1) is 6.54 Å². The Morgan fingerprint density at radius 3 is 2.48 bits per heavy atom. The first-order valence-corrected chi connectivity index (χ1v) is 10.4. The number of hydrogen-bond acceptors (Lipinski definition) is 2. The summed E-state index contributed by atoms with van der Waals surface area (Å²) in [6.07, 6.45) is -1.85. The van der Waals surface area contributed by atoms with Gasteiger partial charge in [-0.25, -0.2) is 4.39 Å². The molecule has 0 saturated heterocycles. The number of benzene rings is 3. The second kappa shape index (κ2) is 7.56. The molecule has 0 amide bonds. The molecule has 3 aromatic carbocycles. The first kappa shape index (κ1) is 21.4. The van der Waals surface area contributed by atoms with E-state index in [1.54, 1.807) is 42.6 Å². The fourth-order valence-electron chi connectivity index (χ4n) is 4.44. The van der Waals surface area contributed by atoms with E-state index in [1.165, 1.54) is 35.0 Å². The second-order valence-electron chi connectivity index (χ2n) is 8.39. The summed E-state index contributed by atoms with van der Waals surface area (Å²) in [5.41, 5.74) is 0.155. The van der Waals surface area contributed by atoms with Gasteiger partial charge in [0.1, 0.15) is 11.9 Å². The maximum Gasteiger partial charge on any atom is 0.423 e. The van der Waals surface area contributed by atoms with Gasteiger partial charge in [-0.1, -0.05) is 36.4 Å². The van der Waals surface area contributed by atoms with Gasteiger partial charge < -0.3 is 9.67 Å². The number of aliphatic hydroxyl groups is 1. The molecular weight excluding hydrogens is 432 g/mol. The highest BCUT2D eigenvalue weighted by Crippen LogP contribution is 2.43. The molecule has 1 N–H and O–H groups in total. The van der Waals surface area contributed by atoms with Gasteiger partial charge in [0.25, 0.3) is 0 Å². The number of fused-ring (bicyclic) bond motifs is 2. The smallest absolute Gasteiger partial charge is 0.375 e. The number of aliphatic imine (C=N–C) groups is 1. The zero-order valence-electron chi connectivity index (χ0n) is 17.6. The van der Waals surface area contributed by atoms with Crippen molar-refractivity contribution in [2.24, 2.45) is 4.99 Å². The molecule has 0 radical (unpaired) electrons. The molecule has 1 aromatic heterocycles. The Balaban J connectivity index is 1.54. The monoisotopic (exact) mass is 452 g/mol. The average molecular weight is 452 g/mol. The Kier molecular flexibility index (Phi) is 4.90. The van der Waals surface area contributed by atoms with Crippen molar-refractivity contribution in [1.29, 1.82) is 0 Å². The van der Waals surface area contributed by atoms with Crippen LogP contribution < -0.4 is 0 Å². The predicted molar refractivity (Wildman–Crippen MR) is 119 cm³/mol. The number of nitrogens with zero attached hydrogens (tertiary/aromatic N) is 2. The van der Waals surface area contributed by atoms with Crippen molar-refractivity contribution in [3.63, 3.8) is 0 Å². The van der Waals surface area contributed by atoms with E-state index in [0.717, 1.165) is 16.5 Å². The summed E-state index contributed by atoms with van der Waals surface area (Å²) >= 11 is 0. The van der Waals surface area contributed by atoms with Crippen LogP contribution in [0, 0.1) is 12.7 Å². The topological polar surface area (TPSA) is 37.5 Å². The lowest BCUT2D eigenvalue weighted by molar-refractivity contribution is -0.271. The summed E-state index contributed by atoms with van der Waals surface area (Å²) in [6.45, 7) is 1.21. The third-order valence-electron chi connectivity index (χ3n) is 6.31. The molecule has 0 saturated carbocycles. The summed E-state index contributed by atoms with van der Waals surface area (Å²) in [6, 6.07) is 16.8. The third-order valence-corrected chi connectivity index (χ3v) is 6.31. The summed E-state index contributed by atoms with van der Waals surface area (Å²) in [4.78, 5) is 4.40. The largest absolute Gasteiger partial charge is 0.423 e. The summed E-state index contributed by atoms with van der Waals surface area (Å²) in [5.74, 6) is -0.376. The lowest BCUT2D eigenvalue weighted by Gasteiger charge is -2.32. The lowest BCUT2D eigenvalue weighted by Crippen LogP contribution is -2.45. The minimum Gasteiger partial charge on any atom is -0.375 e. The maximum absolute atomic E-state index is 14.3. The molecule has 2 unspecified atom stereocenters. The quantitative estimate of drug-likeness (QED) is 0.376. The zero-order chi connectivity index (χ0) is 23.4. The van der Waals surface area contributed by atoms with Crippen LogP contribution in [0.2, 0.25) is 0 Å². The first-order chi connectivity index (χ1) is 15.7. The second-order valence-corrected chi connectivity index (χ2v) is 8.39. The van der Waals surface area contributed by atoms with Crippen molar-refractivity contribution < 1.29 is 22.7 Å². The van der Waals surface area contributed by atoms with Gasteiger partial charge >= 0.3 is 6.18 Å². The molecule has 2 atom stereocenters. The number of aromatic nitrogens is 1. The Bertz CT molecular complexity index is 1370. The van der Waals surface area contributed by atoms with E-state index in [-0.39, 0.29) is 11.4 Å². The van der Waals surface area contributed by atoms with Crippen LogP contribution in [0.4, 0.5) is 17.6 Å². The van der Waals surface area contributed by atoms with Crippen LogP contribution in [0.15, 0.2) is 77.9 Å². The number of halogens is 4. The molecule has 0 aliphatic carbocycles. The van der Waals surface area contributed by atoms with Crippen LogP contribution in [-0.4, -0.2) is 22.1 Å². The molecule has 1 aliphatic heterocycles. The third kappa shape index (κ3) is 3.53. The van der Waals surface area contributed by atoms with Crippen LogP contribution in [0.3, 0.4) is 0 Å². The fourth-order valence-corrected chi connectivity index (χ4v) is 4.44. The number of aryl methyl sites for hydroxylation is 1. The van der Waals surface area contributed by atoms with Crippen molar-refractivity contribution in [3.8, 4) is 0 Å². The van der Waals surface area contributed by atoms with Crippen molar-refractivity contribution in [2.45, 2.75) is 31.3 Å². The molecule has 0 fully saturated rings. The molecule has 2 heterocycles. The van der Waals surface area contributed by atoms with Crippen molar-refractivity contribution >= 4 is 17.1 Å². The van der Waals surface area contributed by atoms with Gasteiger partial charge in [0, 0.05) is 23.3 Å². The van der Waals surface area contributed by atoms with E-state index >= 15 is 0 Å². The van der Waals surface area contributed by atoms with Gasteiger partial charge in [-0.2, -0.15) is 13.2 Å². The summed E-state index contributed by atoms with van der Waals surface area (Å²) in [5, 5.41) is 11.9. The highest BCUT2D eigenvalue weighted by atomic mass is 19.4. The van der Waals surface area contributed by atoms with Gasteiger partial charge in [0.2, 0.25) is 5.60 Å². The van der Waals surface area contributed by atoms with Crippen LogP contribution in [0.25, 0.3) is 10.9 Å². The van der Waals surface area contributed by atoms with Gasteiger partial charge in [-0.3, -0.25) is 4.99 Å². The van der Waals surface area contributed by atoms with Crippen molar-refractivity contribution in [3.05, 3.63) is 107 Å². The minimum absolute atomic E-state index is 0.255. The predicted octanol–water partition coefficient (Wildman–Crippen LogP) is 6.06. The molecule has 0 spiro atoms. The molecule has 5 rings (SSSR count). The molecule has 1 aliphatic rings. The van der Waals surface area contributed by atoms with Crippen LogP contribution in [0.5, 0.6) is 0 Å². The number of alkyl halides is 3. The molecule has 33 heavy (non-hydrogen) atoms. The molecule has 168 valence electrons. The highest BCUT2D eigenvalue weighted by Gasteiger charge is 2.55. The maximum atomic E-state index is 14.3. The van der Waals surface area contributed by atoms with E-state index in [1.807, 2.05) is 13.0 Å². The SMILES string of the molecule is Cc1cccc2c1ccn2CC(O)(c1ccc2c(c1)C=NC2c1ccc(F)cc1)C(F)(F)F. The van der Waals surface area contributed by atoms with E-state index in [4.69, 9.17) is 0 Å². The van der Waals surface area contributed by atoms with Crippen molar-refractivity contribution in [2.75, 3.05) is 0 Å². The van der Waals surface area contributed by atoms with Gasteiger partial charge in [-0.15, -0.1) is 0 Å². The van der Waals surface area contributed by atoms with Gasteiger partial charge in [0.15, 0.2) is 0 Å². The Morgan fingerprint density at radius 2 is 1.76 bits per heavy atom. The van der Waals surface area contributed by atoms with Gasteiger partial charge in [-0.05, 0) is 65.1 Å². The molecule has 0 bridgehead atoms. The average Bonchev–Trinajstić information content (AvgIpc) is 3.38. The molecule has 4 aromatic rings. The zero-order valence-corrected chi connectivity index (χ0v) is 17.6. The van der Waals surface area contributed by atoms with E-state index in [2.05, 4.69) is 4.99 Å². The van der Waals surface area contributed by atoms with Crippen LogP contribution in [0.1, 0.15) is 33.9 Å². The van der Waals surface area contributed by atoms with E-state index < -0.39 is 24.4 Å². The molecule has 7 heteroatoms. The minimum atomic E-state index is -4.91. The standard InChI is InChI=1S/C26H20F4N2O/c1-16-3-2-4-23-21(16)11-12-32(23)15-25(33,26(28,29)30)19-7-10-22-18(13-19)14-31-24(22)17-5-8-20(27)9-6-17/h2-14,24,33H,15H2,1H3. The Morgan fingerprint density at radius 1 is 1.00 bits per heavy atom. The molecular formula is C26H20F4N2O. The summed E-state index contributed by atoms with van der Waals surface area (Å²) < 4.78 is 57.5. The van der Waals surface area contributed by atoms with E-state index in [9.17, 15) is 22.7 Å². The van der Waals surface area contributed by atoms with Crippen molar-refractivity contribution in [1.82, 2.24) is 4.57 Å². The Labute approximate surface area is 187 Å². The Hall–Kier alpha value is -3.45. The number of rotatable bonds is 4. The van der Waals surface area contributed by atoms with Crippen LogP contribution >= 0.6 is 0 Å². The lowest BCUT2D eigenvalue weighted by atomic mass is 9.88. The van der Waals surface area contributed by atoms with E-state index in [0.29, 0.717) is 16.6 Å². The number of hydrogen-bond donors (Lipinski definition) is 1. The first-order valence-electron chi connectivity index (χ1n) is 10.4. The van der Waals surface area contributed by atoms with Crippen LogP contribution in [-0.2, 0) is 12.1 Å². The fraction of sp³-hybridized carbons (Fsp3) is 0.192. The normalized spacial score (nSPS) is 17.3.